The molecular weight excluding hydrogens is 358 g/mol. The van der Waals surface area contributed by atoms with Gasteiger partial charge in [0.1, 0.15) is 10.7 Å². The van der Waals surface area contributed by atoms with Crippen LogP contribution in [0.5, 0.6) is 0 Å². The van der Waals surface area contributed by atoms with Crippen LogP contribution in [0.15, 0.2) is 42.7 Å². The lowest BCUT2D eigenvalue weighted by Crippen LogP contribution is -2.41. The van der Waals surface area contributed by atoms with Crippen molar-refractivity contribution in [3.8, 4) is 11.4 Å². The zero-order chi connectivity index (χ0) is 17.8. The summed E-state index contributed by atoms with van der Waals surface area (Å²) in [5, 5.41) is 7.01. The minimum absolute atomic E-state index is 0.144. The van der Waals surface area contributed by atoms with Crippen molar-refractivity contribution in [2.45, 2.75) is 12.5 Å². The molecule has 3 N–H and O–H groups in total. The zero-order valence-electron chi connectivity index (χ0n) is 13.6. The van der Waals surface area contributed by atoms with Crippen LogP contribution in [0.3, 0.4) is 0 Å². The largest absolute Gasteiger partial charge is 0.347 e. The van der Waals surface area contributed by atoms with Crippen molar-refractivity contribution in [3.05, 3.63) is 57.5 Å². The molecule has 0 aliphatic rings. The first kappa shape index (κ1) is 17.6. The number of rotatable bonds is 6. The maximum atomic E-state index is 12.6. The molecule has 0 bridgehead atoms. The van der Waals surface area contributed by atoms with Gasteiger partial charge in [-0.3, -0.25) is 4.79 Å². The average molecular weight is 376 g/mol. The number of hydrogen-bond acceptors (Lipinski definition) is 5. The molecule has 6 nitrogen and oxygen atoms in total. The number of nitrogens with two attached hydrogens (primary N) is 1. The predicted octanol–water partition coefficient (Wildman–Crippen LogP) is 2.50. The van der Waals surface area contributed by atoms with Crippen LogP contribution in [0.2, 0.25) is 4.34 Å². The third-order valence-corrected chi connectivity index (χ3v) is 5.16. The molecule has 8 heteroatoms. The lowest BCUT2D eigenvalue weighted by atomic mass is 10.1. The Labute approximate surface area is 154 Å². The van der Waals surface area contributed by atoms with Crippen LogP contribution in [0.25, 0.3) is 11.4 Å². The Morgan fingerprint density at radius 2 is 2.16 bits per heavy atom. The molecule has 0 saturated heterocycles. The Morgan fingerprint density at radius 1 is 1.40 bits per heavy atom. The van der Waals surface area contributed by atoms with Crippen LogP contribution in [0.1, 0.15) is 15.2 Å². The van der Waals surface area contributed by atoms with E-state index in [-0.39, 0.29) is 11.9 Å². The predicted molar refractivity (Wildman–Crippen MR) is 99.8 cm³/mol. The number of hydrogen-bond donors (Lipinski definition) is 2. The Bertz CT molecular complexity index is 861. The molecule has 2 aromatic heterocycles. The van der Waals surface area contributed by atoms with E-state index in [0.29, 0.717) is 33.6 Å². The van der Waals surface area contributed by atoms with Crippen molar-refractivity contribution < 1.29 is 4.79 Å². The van der Waals surface area contributed by atoms with Crippen molar-refractivity contribution >= 4 is 28.8 Å². The highest BCUT2D eigenvalue weighted by Crippen LogP contribution is 2.34. The number of benzene rings is 1. The molecule has 0 fully saturated rings. The highest BCUT2D eigenvalue weighted by molar-refractivity contribution is 7.18. The molecule has 1 atom stereocenters. The Kier molecular flexibility index (Phi) is 5.47. The third kappa shape index (κ3) is 4.07. The van der Waals surface area contributed by atoms with Gasteiger partial charge in [-0.1, -0.05) is 41.9 Å². The summed E-state index contributed by atoms with van der Waals surface area (Å²) in [7, 11) is 1.78. The number of nitrogens with zero attached hydrogens (tertiary/aromatic N) is 3. The zero-order valence-corrected chi connectivity index (χ0v) is 15.2. The normalized spacial score (nSPS) is 12.1. The maximum Gasteiger partial charge on any atom is 0.261 e. The summed E-state index contributed by atoms with van der Waals surface area (Å²) in [6.45, 7) is 0.357. The van der Waals surface area contributed by atoms with E-state index < -0.39 is 0 Å². The fraction of sp³-hybridized carbons (Fsp3) is 0.235. The van der Waals surface area contributed by atoms with E-state index in [4.69, 9.17) is 17.3 Å². The van der Waals surface area contributed by atoms with Gasteiger partial charge in [0.25, 0.3) is 5.91 Å². The Morgan fingerprint density at radius 3 is 2.80 bits per heavy atom. The molecule has 0 saturated carbocycles. The summed E-state index contributed by atoms with van der Waals surface area (Å²) in [6.07, 6.45) is 2.13. The third-order valence-electron chi connectivity index (χ3n) is 3.81. The standard InChI is InChI=1S/C17H18ClN5OS/c1-23-16(20-10-21-23)13-8-14(25-15(13)18)17(24)22-12(9-19)7-11-5-3-2-4-6-11/h2-6,8,10,12H,7,9,19H2,1H3,(H,22,24)/t12-/m0/s1. The molecule has 0 spiro atoms. The lowest BCUT2D eigenvalue weighted by molar-refractivity contribution is 0.0942. The number of aromatic nitrogens is 3. The fourth-order valence-corrected chi connectivity index (χ4v) is 3.69. The number of aryl methyl sites for hydroxylation is 1. The molecular formula is C17H18ClN5OS. The van der Waals surface area contributed by atoms with E-state index in [2.05, 4.69) is 15.4 Å². The topological polar surface area (TPSA) is 85.8 Å². The molecule has 1 aromatic carbocycles. The summed E-state index contributed by atoms with van der Waals surface area (Å²) < 4.78 is 2.13. The van der Waals surface area contributed by atoms with Crippen molar-refractivity contribution in [2.75, 3.05) is 6.54 Å². The van der Waals surface area contributed by atoms with Gasteiger partial charge in [-0.2, -0.15) is 5.10 Å². The maximum absolute atomic E-state index is 12.6. The molecule has 3 aromatic rings. The van der Waals surface area contributed by atoms with E-state index in [9.17, 15) is 4.79 Å². The molecule has 25 heavy (non-hydrogen) atoms. The molecule has 3 rings (SSSR count). The second-order valence-electron chi connectivity index (χ2n) is 5.60. The highest BCUT2D eigenvalue weighted by Gasteiger charge is 2.19. The lowest BCUT2D eigenvalue weighted by Gasteiger charge is -2.16. The van der Waals surface area contributed by atoms with Gasteiger partial charge in [0.2, 0.25) is 0 Å². The monoisotopic (exact) mass is 375 g/mol. The van der Waals surface area contributed by atoms with Gasteiger partial charge in [0.05, 0.1) is 4.88 Å². The van der Waals surface area contributed by atoms with Crippen LogP contribution in [-0.2, 0) is 13.5 Å². The molecule has 2 heterocycles. The minimum Gasteiger partial charge on any atom is -0.347 e. The van der Waals surface area contributed by atoms with Crippen LogP contribution in [0.4, 0.5) is 0 Å². The molecule has 0 aliphatic carbocycles. The Hall–Kier alpha value is -2.22. The number of carbonyl (C=O) groups is 1. The van der Waals surface area contributed by atoms with E-state index in [1.54, 1.807) is 17.8 Å². The average Bonchev–Trinajstić information content (AvgIpc) is 3.20. The number of thiophene rings is 1. The summed E-state index contributed by atoms with van der Waals surface area (Å²) in [5.41, 5.74) is 7.65. The van der Waals surface area contributed by atoms with Gasteiger partial charge in [-0.05, 0) is 18.1 Å². The van der Waals surface area contributed by atoms with Crippen molar-refractivity contribution in [2.24, 2.45) is 12.8 Å². The number of amides is 1. The fourth-order valence-electron chi connectivity index (χ4n) is 2.52. The summed E-state index contributed by atoms with van der Waals surface area (Å²) >= 11 is 7.50. The van der Waals surface area contributed by atoms with Crippen molar-refractivity contribution in [1.82, 2.24) is 20.1 Å². The Balaban J connectivity index is 1.73. The van der Waals surface area contributed by atoms with Crippen LogP contribution < -0.4 is 11.1 Å². The molecule has 0 unspecified atom stereocenters. The number of carbonyl (C=O) groups excluding carboxylic acids is 1. The summed E-state index contributed by atoms with van der Waals surface area (Å²) in [6, 6.07) is 11.5. The quantitative estimate of drug-likeness (QED) is 0.693. The second kappa shape index (κ2) is 7.77. The van der Waals surface area contributed by atoms with Gasteiger partial charge in [0.15, 0.2) is 5.82 Å². The smallest absolute Gasteiger partial charge is 0.261 e. The van der Waals surface area contributed by atoms with Crippen molar-refractivity contribution in [3.63, 3.8) is 0 Å². The van der Waals surface area contributed by atoms with Gasteiger partial charge in [-0.25, -0.2) is 9.67 Å². The van der Waals surface area contributed by atoms with Gasteiger partial charge in [0, 0.05) is 25.2 Å². The van der Waals surface area contributed by atoms with Gasteiger partial charge < -0.3 is 11.1 Å². The SMILES string of the molecule is Cn1ncnc1-c1cc(C(=O)N[C@H](CN)Cc2ccccc2)sc1Cl. The molecule has 1 amide bonds. The van der Waals surface area contributed by atoms with E-state index in [1.807, 2.05) is 30.3 Å². The molecule has 130 valence electrons. The van der Waals surface area contributed by atoms with E-state index in [1.165, 1.54) is 17.7 Å². The highest BCUT2D eigenvalue weighted by atomic mass is 35.5. The van der Waals surface area contributed by atoms with Crippen molar-refractivity contribution in [1.29, 1.82) is 0 Å². The van der Waals surface area contributed by atoms with Gasteiger partial charge in [-0.15, -0.1) is 11.3 Å². The van der Waals surface area contributed by atoms with Crippen LogP contribution in [0, 0.1) is 0 Å². The summed E-state index contributed by atoms with van der Waals surface area (Å²) in [5.74, 6) is 0.437. The molecule has 0 aliphatic heterocycles. The first-order valence-corrected chi connectivity index (χ1v) is 8.96. The number of nitrogens with one attached hydrogen (secondary N) is 1. The minimum atomic E-state index is -0.188. The van der Waals surface area contributed by atoms with Gasteiger partial charge >= 0.3 is 0 Å². The van der Waals surface area contributed by atoms with E-state index in [0.717, 1.165) is 5.56 Å². The molecule has 0 radical (unpaired) electrons. The van der Waals surface area contributed by atoms with Crippen LogP contribution >= 0.6 is 22.9 Å². The first-order chi connectivity index (χ1) is 12.1. The summed E-state index contributed by atoms with van der Waals surface area (Å²) in [4.78, 5) is 17.3. The first-order valence-electron chi connectivity index (χ1n) is 7.77. The number of halogens is 1. The van der Waals surface area contributed by atoms with Crippen LogP contribution in [-0.4, -0.2) is 33.3 Å². The van der Waals surface area contributed by atoms with E-state index >= 15 is 0 Å². The second-order valence-corrected chi connectivity index (χ2v) is 7.26.